The summed E-state index contributed by atoms with van der Waals surface area (Å²) >= 11 is 1.48. The molecule has 0 unspecified atom stereocenters. The maximum absolute atomic E-state index is 12.4. The van der Waals surface area contributed by atoms with Crippen molar-refractivity contribution in [2.24, 2.45) is 13.0 Å². The molecule has 160 valence electrons. The van der Waals surface area contributed by atoms with Crippen LogP contribution in [0.4, 0.5) is 5.69 Å². The second-order valence-corrected chi connectivity index (χ2v) is 8.36. The van der Waals surface area contributed by atoms with Gasteiger partial charge in [0.1, 0.15) is 21.5 Å². The summed E-state index contributed by atoms with van der Waals surface area (Å²) in [7, 11) is 3.22. The number of anilines is 1. The molecule has 30 heavy (non-hydrogen) atoms. The predicted octanol–water partition coefficient (Wildman–Crippen LogP) is 2.77. The minimum atomic E-state index is -0.229. The molecule has 0 fully saturated rings. The molecule has 3 rings (SSSR count). The van der Waals surface area contributed by atoms with Crippen LogP contribution < -0.4 is 20.3 Å². The van der Waals surface area contributed by atoms with Crippen molar-refractivity contribution < 1.29 is 9.47 Å². The molecule has 9 nitrogen and oxygen atoms in total. The zero-order valence-electron chi connectivity index (χ0n) is 17.7. The molecule has 0 radical (unpaired) electrons. The van der Waals surface area contributed by atoms with Crippen molar-refractivity contribution in [3.05, 3.63) is 50.5 Å². The Morgan fingerprint density at radius 2 is 2.07 bits per heavy atom. The Morgan fingerprint density at radius 3 is 2.70 bits per heavy atom. The maximum Gasteiger partial charge on any atom is 0.290 e. The zero-order valence-corrected chi connectivity index (χ0v) is 18.6. The van der Waals surface area contributed by atoms with Gasteiger partial charge in [0.2, 0.25) is 5.88 Å². The summed E-state index contributed by atoms with van der Waals surface area (Å²) in [6.07, 6.45) is 1.71. The van der Waals surface area contributed by atoms with Gasteiger partial charge in [-0.2, -0.15) is 0 Å². The number of methoxy groups -OCH3 is 1. The first-order valence-electron chi connectivity index (χ1n) is 9.61. The fourth-order valence-electron chi connectivity index (χ4n) is 2.79. The van der Waals surface area contributed by atoms with E-state index in [1.807, 2.05) is 19.1 Å². The number of pyridine rings is 1. The van der Waals surface area contributed by atoms with Crippen LogP contribution in [0, 0.1) is 12.8 Å². The van der Waals surface area contributed by atoms with Crippen LogP contribution in [-0.4, -0.2) is 38.7 Å². The topological polar surface area (TPSA) is 104 Å². The number of hydrogen-bond donors (Lipinski definition) is 1. The van der Waals surface area contributed by atoms with Gasteiger partial charge in [-0.05, 0) is 25.0 Å². The highest BCUT2D eigenvalue weighted by Crippen LogP contribution is 2.24. The molecule has 0 aliphatic heterocycles. The van der Waals surface area contributed by atoms with Crippen molar-refractivity contribution >= 4 is 17.0 Å². The number of hydrogen-bond acceptors (Lipinski definition) is 9. The van der Waals surface area contributed by atoms with E-state index in [1.165, 1.54) is 16.0 Å². The third-order valence-corrected chi connectivity index (χ3v) is 5.69. The molecule has 3 aromatic rings. The summed E-state index contributed by atoms with van der Waals surface area (Å²) in [6.45, 7) is 6.95. The van der Waals surface area contributed by atoms with Gasteiger partial charge in [-0.25, -0.2) is 4.68 Å². The molecule has 3 heterocycles. The maximum atomic E-state index is 12.4. The largest absolute Gasteiger partial charge is 0.495 e. The molecule has 3 aromatic heterocycles. The summed E-state index contributed by atoms with van der Waals surface area (Å²) < 4.78 is 12.3. The van der Waals surface area contributed by atoms with Crippen molar-refractivity contribution in [3.8, 4) is 11.6 Å². The molecule has 0 spiro atoms. The summed E-state index contributed by atoms with van der Waals surface area (Å²) in [5.41, 5.74) is 1.15. The molecule has 2 atom stereocenters. The van der Waals surface area contributed by atoms with E-state index < -0.39 is 0 Å². The molecule has 0 aromatic carbocycles. The van der Waals surface area contributed by atoms with Crippen LogP contribution in [0.25, 0.3) is 0 Å². The molecular formula is C20H26N6O3S. The van der Waals surface area contributed by atoms with Gasteiger partial charge >= 0.3 is 0 Å². The standard InChI is InChI=1S/C20H26N6O3S/c1-12(13(2)16-7-6-15(28-5)9-21-16)11-29-18-8-17(20(27)26(4)25-18)22-10-19-24-23-14(3)30-19/h6-9,12-13,22H,10-11H2,1-5H3/t12-,13+/m1/s1. The molecule has 0 aliphatic carbocycles. The number of rotatable bonds is 9. The van der Waals surface area contributed by atoms with E-state index in [2.05, 4.69) is 39.4 Å². The smallest absolute Gasteiger partial charge is 0.290 e. The average molecular weight is 431 g/mol. The highest BCUT2D eigenvalue weighted by atomic mass is 32.1. The van der Waals surface area contributed by atoms with E-state index in [0.717, 1.165) is 21.5 Å². The van der Waals surface area contributed by atoms with Gasteiger partial charge in [0, 0.05) is 24.7 Å². The van der Waals surface area contributed by atoms with Crippen molar-refractivity contribution in [1.29, 1.82) is 0 Å². The normalized spacial score (nSPS) is 13.0. The average Bonchev–Trinajstić information content (AvgIpc) is 3.17. The van der Waals surface area contributed by atoms with Gasteiger partial charge in [-0.3, -0.25) is 9.78 Å². The van der Waals surface area contributed by atoms with Gasteiger partial charge in [-0.1, -0.05) is 25.2 Å². The molecule has 10 heteroatoms. The van der Waals surface area contributed by atoms with Gasteiger partial charge in [-0.15, -0.1) is 15.3 Å². The fraction of sp³-hybridized carbons (Fsp3) is 0.450. The Bertz CT molecular complexity index is 1030. The van der Waals surface area contributed by atoms with Crippen LogP contribution in [0.5, 0.6) is 11.6 Å². The van der Waals surface area contributed by atoms with Crippen LogP contribution >= 0.6 is 11.3 Å². The summed E-state index contributed by atoms with van der Waals surface area (Å²) in [4.78, 5) is 16.8. The van der Waals surface area contributed by atoms with Crippen LogP contribution in [0.1, 0.15) is 35.5 Å². The second kappa shape index (κ2) is 9.66. The quantitative estimate of drug-likeness (QED) is 0.553. The van der Waals surface area contributed by atoms with Crippen LogP contribution in [-0.2, 0) is 13.6 Å². The van der Waals surface area contributed by atoms with Crippen molar-refractivity contribution in [1.82, 2.24) is 25.0 Å². The molecule has 1 N–H and O–H groups in total. The number of nitrogens with zero attached hydrogens (tertiary/aromatic N) is 5. The Kier molecular flexibility index (Phi) is 6.99. The first-order chi connectivity index (χ1) is 14.4. The Hall–Kier alpha value is -3.01. The molecule has 0 aliphatic rings. The van der Waals surface area contributed by atoms with E-state index in [4.69, 9.17) is 9.47 Å². The number of ether oxygens (including phenoxy) is 2. The summed E-state index contributed by atoms with van der Waals surface area (Å²) in [5.74, 6) is 1.48. The number of aryl methyl sites for hydroxylation is 2. The van der Waals surface area contributed by atoms with Crippen LogP contribution in [0.3, 0.4) is 0 Å². The van der Waals surface area contributed by atoms with Crippen molar-refractivity contribution in [2.75, 3.05) is 19.0 Å². The number of nitrogens with one attached hydrogen (secondary N) is 1. The van der Waals surface area contributed by atoms with Crippen molar-refractivity contribution in [3.63, 3.8) is 0 Å². The first-order valence-corrected chi connectivity index (χ1v) is 10.4. The SMILES string of the molecule is COc1ccc([C@@H](C)[C@H](C)COc2cc(NCc3nnc(C)s3)c(=O)n(C)n2)nc1. The molecule has 0 amide bonds. The second-order valence-electron chi connectivity index (χ2n) is 7.09. The lowest BCUT2D eigenvalue weighted by Gasteiger charge is -2.20. The summed E-state index contributed by atoms with van der Waals surface area (Å²) in [5, 5.41) is 17.0. The van der Waals surface area contributed by atoms with Crippen LogP contribution in [0.2, 0.25) is 0 Å². The highest BCUT2D eigenvalue weighted by Gasteiger charge is 2.17. The Balaban J connectivity index is 1.63. The van der Waals surface area contributed by atoms with Gasteiger partial charge in [0.05, 0.1) is 26.5 Å². The number of aromatic nitrogens is 5. The third kappa shape index (κ3) is 5.32. The summed E-state index contributed by atoms with van der Waals surface area (Å²) in [6, 6.07) is 5.49. The Morgan fingerprint density at radius 1 is 1.27 bits per heavy atom. The zero-order chi connectivity index (χ0) is 21.7. The molecular weight excluding hydrogens is 404 g/mol. The van der Waals surface area contributed by atoms with Crippen molar-refractivity contribution in [2.45, 2.75) is 33.2 Å². The first kappa shape index (κ1) is 21.7. The predicted molar refractivity (Wildman–Crippen MR) is 115 cm³/mol. The lowest BCUT2D eigenvalue weighted by Crippen LogP contribution is -2.24. The van der Waals surface area contributed by atoms with Gasteiger partial charge < -0.3 is 14.8 Å². The molecule has 0 saturated carbocycles. The molecule has 0 saturated heterocycles. The minimum absolute atomic E-state index is 0.182. The van der Waals surface area contributed by atoms with E-state index in [0.29, 0.717) is 24.7 Å². The third-order valence-electron chi connectivity index (χ3n) is 4.85. The van der Waals surface area contributed by atoms with E-state index in [1.54, 1.807) is 26.4 Å². The van der Waals surface area contributed by atoms with E-state index in [-0.39, 0.29) is 17.4 Å². The van der Waals surface area contributed by atoms with Crippen LogP contribution in [0.15, 0.2) is 29.2 Å². The lowest BCUT2D eigenvalue weighted by molar-refractivity contribution is 0.228. The Labute approximate surface area is 179 Å². The fourth-order valence-corrected chi connectivity index (χ4v) is 3.44. The lowest BCUT2D eigenvalue weighted by atomic mass is 9.93. The van der Waals surface area contributed by atoms with Gasteiger partial charge in [0.15, 0.2) is 0 Å². The highest BCUT2D eigenvalue weighted by molar-refractivity contribution is 7.11. The van der Waals surface area contributed by atoms with Gasteiger partial charge in [0.25, 0.3) is 5.56 Å². The van der Waals surface area contributed by atoms with E-state index in [9.17, 15) is 4.79 Å². The minimum Gasteiger partial charge on any atom is -0.495 e. The molecule has 0 bridgehead atoms. The monoisotopic (exact) mass is 430 g/mol. The van der Waals surface area contributed by atoms with E-state index >= 15 is 0 Å².